The topological polar surface area (TPSA) is 78.9 Å². The minimum Gasteiger partial charge on any atom is -0.462 e. The fourth-order valence-electron chi connectivity index (χ4n) is 11.1. The monoisotopic (exact) mass is 1160 g/mol. The number of carbonyl (C=O) groups excluding carboxylic acids is 3. The lowest BCUT2D eigenvalue weighted by Gasteiger charge is -2.18. The third kappa shape index (κ3) is 69.8. The van der Waals surface area contributed by atoms with Crippen LogP contribution in [0.4, 0.5) is 0 Å². The van der Waals surface area contributed by atoms with Crippen molar-refractivity contribution in [1.82, 2.24) is 0 Å². The summed E-state index contributed by atoms with van der Waals surface area (Å²) in [6, 6.07) is 0. The highest BCUT2D eigenvalue weighted by atomic mass is 16.6. The van der Waals surface area contributed by atoms with Gasteiger partial charge in [-0.15, -0.1) is 0 Å². The smallest absolute Gasteiger partial charge is 0.306 e. The van der Waals surface area contributed by atoms with Crippen molar-refractivity contribution in [3.63, 3.8) is 0 Å². The molecule has 0 aliphatic heterocycles. The summed E-state index contributed by atoms with van der Waals surface area (Å²) in [6.07, 6.45) is 92.8. The van der Waals surface area contributed by atoms with Crippen molar-refractivity contribution in [2.45, 2.75) is 399 Å². The molecule has 0 saturated heterocycles. The molecule has 0 aliphatic carbocycles. The Kier molecular flexibility index (Phi) is 69.1. The lowest BCUT2D eigenvalue weighted by atomic mass is 10.0. The van der Waals surface area contributed by atoms with Gasteiger partial charge in [-0.1, -0.05) is 370 Å². The van der Waals surface area contributed by atoms with Crippen LogP contribution in [0.3, 0.4) is 0 Å². The molecule has 0 rings (SSSR count). The first-order valence-corrected chi connectivity index (χ1v) is 36.8. The van der Waals surface area contributed by atoms with Gasteiger partial charge in [0.2, 0.25) is 0 Å². The van der Waals surface area contributed by atoms with Crippen LogP contribution in [0.25, 0.3) is 0 Å². The SMILES string of the molecule is CC/C=C\C/C=C\C/C=C\C/C=C\C/C=C\CCCCCCCCCCCCCCCCCCCCCC(=O)OCC(COC(=O)CCCCCCCCCCCC)OC(=O)CCCCCCCCCCCCCCCCCCCCCC. The Bertz CT molecular complexity index is 1470. The van der Waals surface area contributed by atoms with Gasteiger partial charge in [0.25, 0.3) is 0 Å². The molecule has 0 heterocycles. The normalized spacial score (nSPS) is 12.4. The van der Waals surface area contributed by atoms with Crippen molar-refractivity contribution in [2.75, 3.05) is 13.2 Å². The third-order valence-corrected chi connectivity index (χ3v) is 16.5. The van der Waals surface area contributed by atoms with E-state index in [1.54, 1.807) is 0 Å². The standard InChI is InChI=1S/C77H140O6/c1-4-7-10-13-16-19-22-24-26-28-30-32-33-34-35-36-37-38-39-40-41-42-43-44-45-46-48-49-51-53-55-58-61-64-67-70-76(79)82-73-74(72-81-75(78)69-66-63-60-57-21-18-15-12-9-6-3)83-77(80)71-68-65-62-59-56-54-52-50-47-31-29-27-25-23-20-17-14-11-8-5-2/h7,10,16,19,24,26,30,32,34-35,74H,4-6,8-9,11-15,17-18,20-23,25,27-29,31,33,36-73H2,1-3H3/b10-7-,19-16-,26-24-,32-30-,35-34-. The van der Waals surface area contributed by atoms with E-state index < -0.39 is 6.10 Å². The van der Waals surface area contributed by atoms with E-state index in [4.69, 9.17) is 14.2 Å². The Hall–Kier alpha value is -2.89. The summed E-state index contributed by atoms with van der Waals surface area (Å²) in [5.74, 6) is -0.837. The highest BCUT2D eigenvalue weighted by molar-refractivity contribution is 5.71. The van der Waals surface area contributed by atoms with Crippen LogP contribution in [0.5, 0.6) is 0 Å². The van der Waals surface area contributed by atoms with Gasteiger partial charge in [-0.05, 0) is 64.2 Å². The van der Waals surface area contributed by atoms with Crippen LogP contribution >= 0.6 is 0 Å². The van der Waals surface area contributed by atoms with Gasteiger partial charge in [0.15, 0.2) is 6.10 Å². The van der Waals surface area contributed by atoms with Crippen LogP contribution in [0, 0.1) is 0 Å². The number of hydrogen-bond acceptors (Lipinski definition) is 6. The van der Waals surface area contributed by atoms with Crippen LogP contribution in [0.1, 0.15) is 393 Å². The first-order valence-electron chi connectivity index (χ1n) is 36.8. The number of hydrogen-bond donors (Lipinski definition) is 0. The van der Waals surface area contributed by atoms with Crippen molar-refractivity contribution < 1.29 is 28.6 Å². The Morgan fingerprint density at radius 1 is 0.253 bits per heavy atom. The predicted octanol–water partition coefficient (Wildman–Crippen LogP) is 25.5. The van der Waals surface area contributed by atoms with Crippen molar-refractivity contribution >= 4 is 17.9 Å². The number of ether oxygens (including phenoxy) is 3. The third-order valence-electron chi connectivity index (χ3n) is 16.5. The highest BCUT2D eigenvalue weighted by Gasteiger charge is 2.19. The number of rotatable bonds is 68. The second kappa shape index (κ2) is 71.6. The average Bonchev–Trinajstić information content (AvgIpc) is 3.49. The summed E-state index contributed by atoms with van der Waals surface area (Å²) in [7, 11) is 0. The molecule has 0 aromatic carbocycles. The van der Waals surface area contributed by atoms with E-state index >= 15 is 0 Å². The van der Waals surface area contributed by atoms with E-state index in [9.17, 15) is 14.4 Å². The van der Waals surface area contributed by atoms with Gasteiger partial charge >= 0.3 is 17.9 Å². The van der Waals surface area contributed by atoms with Gasteiger partial charge in [-0.25, -0.2) is 0 Å². The van der Waals surface area contributed by atoms with Crippen LogP contribution in [0.15, 0.2) is 60.8 Å². The van der Waals surface area contributed by atoms with Gasteiger partial charge in [-0.2, -0.15) is 0 Å². The number of esters is 3. The molecule has 1 unspecified atom stereocenters. The molecule has 0 amide bonds. The van der Waals surface area contributed by atoms with Crippen LogP contribution < -0.4 is 0 Å². The first-order chi connectivity index (χ1) is 41.0. The molecule has 0 bridgehead atoms. The maximum Gasteiger partial charge on any atom is 0.306 e. The molecule has 0 aromatic rings. The van der Waals surface area contributed by atoms with Gasteiger partial charge < -0.3 is 14.2 Å². The van der Waals surface area contributed by atoms with E-state index in [0.717, 1.165) is 89.9 Å². The lowest BCUT2D eigenvalue weighted by Crippen LogP contribution is -2.30. The van der Waals surface area contributed by atoms with Crippen molar-refractivity contribution in [3.05, 3.63) is 60.8 Å². The number of allylic oxidation sites excluding steroid dienone is 10. The molecule has 484 valence electrons. The lowest BCUT2D eigenvalue weighted by molar-refractivity contribution is -0.167. The quantitative estimate of drug-likeness (QED) is 0.0261. The summed E-state index contributed by atoms with van der Waals surface area (Å²) in [5, 5.41) is 0. The fourth-order valence-corrected chi connectivity index (χ4v) is 11.1. The molecular weight excluding hydrogens is 1020 g/mol. The number of unbranched alkanes of at least 4 members (excludes halogenated alkanes) is 47. The summed E-state index contributed by atoms with van der Waals surface area (Å²) in [5.41, 5.74) is 0. The zero-order valence-electron chi connectivity index (χ0n) is 55.7. The summed E-state index contributed by atoms with van der Waals surface area (Å²) in [6.45, 7) is 6.58. The van der Waals surface area contributed by atoms with Crippen molar-refractivity contribution in [2.24, 2.45) is 0 Å². The highest BCUT2D eigenvalue weighted by Crippen LogP contribution is 2.19. The van der Waals surface area contributed by atoms with E-state index in [1.807, 2.05) is 0 Å². The molecule has 1 atom stereocenters. The van der Waals surface area contributed by atoms with Crippen LogP contribution in [-0.2, 0) is 28.6 Å². The van der Waals surface area contributed by atoms with E-state index in [1.165, 1.54) is 263 Å². The van der Waals surface area contributed by atoms with E-state index in [-0.39, 0.29) is 31.1 Å². The van der Waals surface area contributed by atoms with Crippen molar-refractivity contribution in [3.8, 4) is 0 Å². The zero-order valence-corrected chi connectivity index (χ0v) is 55.7. The first kappa shape index (κ1) is 80.1. The minimum atomic E-state index is -0.768. The Balaban J connectivity index is 4.05. The molecule has 0 spiro atoms. The van der Waals surface area contributed by atoms with E-state index in [0.29, 0.717) is 19.3 Å². The maximum absolute atomic E-state index is 12.9. The second-order valence-electron chi connectivity index (χ2n) is 24.8. The largest absolute Gasteiger partial charge is 0.462 e. The van der Waals surface area contributed by atoms with Gasteiger partial charge in [0, 0.05) is 19.3 Å². The Morgan fingerprint density at radius 3 is 0.735 bits per heavy atom. The Morgan fingerprint density at radius 2 is 0.470 bits per heavy atom. The fraction of sp³-hybridized carbons (Fsp3) is 0.831. The predicted molar refractivity (Wildman–Crippen MR) is 362 cm³/mol. The minimum absolute atomic E-state index is 0.0656. The van der Waals surface area contributed by atoms with Crippen molar-refractivity contribution in [1.29, 1.82) is 0 Å². The molecule has 6 heteroatoms. The van der Waals surface area contributed by atoms with Gasteiger partial charge in [0.05, 0.1) is 0 Å². The zero-order chi connectivity index (χ0) is 59.9. The maximum atomic E-state index is 12.9. The van der Waals surface area contributed by atoms with Crippen LogP contribution in [-0.4, -0.2) is 37.2 Å². The molecule has 83 heavy (non-hydrogen) atoms. The molecular formula is C77H140O6. The summed E-state index contributed by atoms with van der Waals surface area (Å²) < 4.78 is 17.0. The molecule has 0 aliphatic rings. The van der Waals surface area contributed by atoms with E-state index in [2.05, 4.69) is 81.5 Å². The van der Waals surface area contributed by atoms with Gasteiger partial charge in [-0.3, -0.25) is 14.4 Å². The second-order valence-corrected chi connectivity index (χ2v) is 24.8. The van der Waals surface area contributed by atoms with Crippen LogP contribution in [0.2, 0.25) is 0 Å². The summed E-state index contributed by atoms with van der Waals surface area (Å²) >= 11 is 0. The molecule has 0 N–H and O–H groups in total. The summed E-state index contributed by atoms with van der Waals surface area (Å²) in [4.78, 5) is 38.3. The molecule has 0 saturated carbocycles. The molecule has 6 nitrogen and oxygen atoms in total. The average molecular weight is 1160 g/mol. The molecule has 0 aromatic heterocycles. The Labute approximate surface area is 517 Å². The van der Waals surface area contributed by atoms with Gasteiger partial charge in [0.1, 0.15) is 13.2 Å². The molecule has 0 fully saturated rings. The number of carbonyl (C=O) groups is 3. The molecule has 0 radical (unpaired) electrons.